The van der Waals surface area contributed by atoms with Gasteiger partial charge < -0.3 is 9.88 Å². The number of imidazole rings is 1. The van der Waals surface area contributed by atoms with Gasteiger partial charge in [0.2, 0.25) is 0 Å². The van der Waals surface area contributed by atoms with Crippen LogP contribution in [-0.2, 0) is 25.9 Å². The molecule has 0 saturated carbocycles. The second kappa shape index (κ2) is 7.09. The maximum Gasteiger partial charge on any atom is 0.109 e. The lowest BCUT2D eigenvalue weighted by Crippen LogP contribution is -2.25. The smallest absolute Gasteiger partial charge is 0.109 e. The molecule has 0 aromatic carbocycles. The van der Waals surface area contributed by atoms with E-state index in [-0.39, 0.29) is 0 Å². The van der Waals surface area contributed by atoms with E-state index in [1.165, 1.54) is 49.4 Å². The number of fused-ring (bicyclic) bond motifs is 1. The number of nitrogens with one attached hydrogen (secondary N) is 1. The fourth-order valence-electron chi connectivity index (χ4n) is 2.93. The molecule has 0 aliphatic carbocycles. The third-order valence-corrected chi connectivity index (χ3v) is 3.95. The molecule has 0 fully saturated rings. The summed E-state index contributed by atoms with van der Waals surface area (Å²) in [6, 6.07) is 0. The summed E-state index contributed by atoms with van der Waals surface area (Å²) in [5.74, 6) is 2.15. The molecule has 19 heavy (non-hydrogen) atoms. The summed E-state index contributed by atoms with van der Waals surface area (Å²) in [6.45, 7) is 10.1. The predicted octanol–water partition coefficient (Wildman–Crippen LogP) is 3.31. The highest BCUT2D eigenvalue weighted by molar-refractivity contribution is 5.20. The van der Waals surface area contributed by atoms with Crippen LogP contribution in [0.1, 0.15) is 63.7 Å². The molecule has 3 nitrogen and oxygen atoms in total. The first-order valence-corrected chi connectivity index (χ1v) is 8.00. The molecule has 108 valence electrons. The van der Waals surface area contributed by atoms with Crippen molar-refractivity contribution in [1.29, 1.82) is 0 Å². The van der Waals surface area contributed by atoms with Crippen molar-refractivity contribution in [2.45, 2.75) is 72.4 Å². The fraction of sp³-hybridized carbons (Fsp3) is 0.812. The molecule has 0 spiro atoms. The van der Waals surface area contributed by atoms with Gasteiger partial charge in [0, 0.05) is 38.2 Å². The Balaban J connectivity index is 2.01. The first-order chi connectivity index (χ1) is 9.22. The van der Waals surface area contributed by atoms with Crippen LogP contribution in [0, 0.1) is 5.92 Å². The van der Waals surface area contributed by atoms with Crippen LogP contribution in [0.2, 0.25) is 0 Å². The number of hydrogen-bond acceptors (Lipinski definition) is 2. The van der Waals surface area contributed by atoms with Gasteiger partial charge in [-0.2, -0.15) is 0 Å². The molecule has 0 radical (unpaired) electrons. The molecule has 2 heterocycles. The van der Waals surface area contributed by atoms with E-state index in [1.807, 2.05) is 0 Å². The maximum atomic E-state index is 4.85. The molecule has 2 rings (SSSR count). The monoisotopic (exact) mass is 263 g/mol. The minimum absolute atomic E-state index is 0.830. The van der Waals surface area contributed by atoms with Crippen molar-refractivity contribution in [3.05, 3.63) is 17.2 Å². The van der Waals surface area contributed by atoms with Gasteiger partial charge in [-0.1, -0.05) is 33.6 Å². The van der Waals surface area contributed by atoms with Crippen molar-refractivity contribution in [3.63, 3.8) is 0 Å². The molecule has 3 heteroatoms. The molecule has 1 aromatic rings. The van der Waals surface area contributed by atoms with Gasteiger partial charge >= 0.3 is 0 Å². The van der Waals surface area contributed by atoms with Crippen molar-refractivity contribution < 1.29 is 0 Å². The Kier molecular flexibility index (Phi) is 5.44. The second-order valence-corrected chi connectivity index (χ2v) is 6.14. The van der Waals surface area contributed by atoms with E-state index in [9.17, 15) is 0 Å². The zero-order valence-corrected chi connectivity index (χ0v) is 12.8. The van der Waals surface area contributed by atoms with E-state index in [1.54, 1.807) is 0 Å². The molecular formula is C16H29N3. The van der Waals surface area contributed by atoms with E-state index < -0.39 is 0 Å². The molecule has 0 atom stereocenters. The van der Waals surface area contributed by atoms with Crippen LogP contribution in [0.15, 0.2) is 0 Å². The Hall–Kier alpha value is -0.830. The topological polar surface area (TPSA) is 29.9 Å². The standard InChI is InChI=1S/C16H29N3/c1-4-7-16-18-14-12-17-10-9-15(14)19(16)11-6-5-8-13(2)3/h13,17H,4-12H2,1-3H3. The zero-order chi connectivity index (χ0) is 13.7. The summed E-state index contributed by atoms with van der Waals surface area (Å²) < 4.78 is 2.53. The normalized spacial score (nSPS) is 14.9. The number of nitrogens with zero attached hydrogens (tertiary/aromatic N) is 2. The fourth-order valence-corrected chi connectivity index (χ4v) is 2.93. The zero-order valence-electron chi connectivity index (χ0n) is 12.8. The highest BCUT2D eigenvalue weighted by Crippen LogP contribution is 2.19. The van der Waals surface area contributed by atoms with Crippen molar-refractivity contribution in [1.82, 2.24) is 14.9 Å². The van der Waals surface area contributed by atoms with E-state index >= 15 is 0 Å². The Labute approximate surface area is 117 Å². The summed E-state index contributed by atoms with van der Waals surface area (Å²) in [4.78, 5) is 4.85. The van der Waals surface area contributed by atoms with Crippen LogP contribution in [0.25, 0.3) is 0 Å². The first kappa shape index (κ1) is 14.6. The summed E-state index contributed by atoms with van der Waals surface area (Å²) in [5, 5.41) is 3.43. The van der Waals surface area contributed by atoms with Crippen molar-refractivity contribution in [2.75, 3.05) is 6.54 Å². The van der Waals surface area contributed by atoms with Crippen LogP contribution in [-0.4, -0.2) is 16.1 Å². The third kappa shape index (κ3) is 3.82. The SMILES string of the molecule is CCCc1nc2c(n1CCCCC(C)C)CCNC2. The van der Waals surface area contributed by atoms with E-state index in [2.05, 4.69) is 30.7 Å². The Morgan fingerprint density at radius 1 is 1.32 bits per heavy atom. The predicted molar refractivity (Wildman–Crippen MR) is 80.3 cm³/mol. The van der Waals surface area contributed by atoms with E-state index in [0.29, 0.717) is 0 Å². The molecule has 1 aliphatic heterocycles. The molecule has 0 bridgehead atoms. The van der Waals surface area contributed by atoms with Crippen LogP contribution < -0.4 is 5.32 Å². The van der Waals surface area contributed by atoms with Gasteiger partial charge in [0.15, 0.2) is 0 Å². The van der Waals surface area contributed by atoms with Crippen LogP contribution >= 0.6 is 0 Å². The first-order valence-electron chi connectivity index (χ1n) is 8.00. The van der Waals surface area contributed by atoms with Crippen LogP contribution in [0.3, 0.4) is 0 Å². The molecule has 0 saturated heterocycles. The number of hydrogen-bond donors (Lipinski definition) is 1. The van der Waals surface area contributed by atoms with Gasteiger partial charge in [0.1, 0.15) is 5.82 Å². The lowest BCUT2D eigenvalue weighted by Gasteiger charge is -2.16. The number of aromatic nitrogens is 2. The Morgan fingerprint density at radius 2 is 2.16 bits per heavy atom. The summed E-state index contributed by atoms with van der Waals surface area (Å²) >= 11 is 0. The quantitative estimate of drug-likeness (QED) is 0.765. The third-order valence-electron chi connectivity index (χ3n) is 3.95. The summed E-state index contributed by atoms with van der Waals surface area (Å²) in [7, 11) is 0. The summed E-state index contributed by atoms with van der Waals surface area (Å²) in [5.41, 5.74) is 2.81. The molecular weight excluding hydrogens is 234 g/mol. The van der Waals surface area contributed by atoms with Gasteiger partial charge in [-0.3, -0.25) is 0 Å². The number of unbranched alkanes of at least 4 members (excludes halogenated alkanes) is 1. The lowest BCUT2D eigenvalue weighted by atomic mass is 10.1. The average molecular weight is 263 g/mol. The molecule has 1 aromatic heterocycles. The maximum absolute atomic E-state index is 4.85. The van der Waals surface area contributed by atoms with Crippen molar-refractivity contribution in [2.24, 2.45) is 5.92 Å². The average Bonchev–Trinajstić information content (AvgIpc) is 2.73. The summed E-state index contributed by atoms with van der Waals surface area (Å²) in [6.07, 6.45) is 7.45. The molecule has 1 N–H and O–H groups in total. The number of rotatable bonds is 7. The van der Waals surface area contributed by atoms with Gasteiger partial charge in [-0.05, 0) is 18.8 Å². The minimum Gasteiger partial charge on any atom is -0.332 e. The van der Waals surface area contributed by atoms with Gasteiger partial charge in [0.05, 0.1) is 5.69 Å². The molecule has 0 unspecified atom stereocenters. The van der Waals surface area contributed by atoms with Crippen LogP contribution in [0.5, 0.6) is 0 Å². The second-order valence-electron chi connectivity index (χ2n) is 6.14. The van der Waals surface area contributed by atoms with Crippen molar-refractivity contribution >= 4 is 0 Å². The lowest BCUT2D eigenvalue weighted by molar-refractivity contribution is 0.491. The highest BCUT2D eigenvalue weighted by Gasteiger charge is 2.18. The van der Waals surface area contributed by atoms with Crippen LogP contribution in [0.4, 0.5) is 0 Å². The largest absolute Gasteiger partial charge is 0.332 e. The molecule has 0 amide bonds. The van der Waals surface area contributed by atoms with Crippen molar-refractivity contribution in [3.8, 4) is 0 Å². The Bertz CT molecular complexity index is 393. The minimum atomic E-state index is 0.830. The number of aryl methyl sites for hydroxylation is 1. The molecule has 1 aliphatic rings. The van der Waals surface area contributed by atoms with E-state index in [0.717, 1.165) is 31.8 Å². The van der Waals surface area contributed by atoms with Gasteiger partial charge in [-0.15, -0.1) is 0 Å². The highest BCUT2D eigenvalue weighted by atomic mass is 15.1. The van der Waals surface area contributed by atoms with Gasteiger partial charge in [0.25, 0.3) is 0 Å². The Morgan fingerprint density at radius 3 is 2.89 bits per heavy atom. The van der Waals surface area contributed by atoms with Gasteiger partial charge in [-0.25, -0.2) is 4.98 Å². The van der Waals surface area contributed by atoms with E-state index in [4.69, 9.17) is 4.98 Å².